The fourth-order valence-corrected chi connectivity index (χ4v) is 3.99. The minimum absolute atomic E-state index is 0.127. The third kappa shape index (κ3) is 3.73. The lowest BCUT2D eigenvalue weighted by atomic mass is 9.79. The number of hydrogen-bond donors (Lipinski definition) is 0. The Hall–Kier alpha value is -2.31. The van der Waals surface area contributed by atoms with E-state index in [0.29, 0.717) is 38.8 Å². The highest BCUT2D eigenvalue weighted by Crippen LogP contribution is 2.42. The van der Waals surface area contributed by atoms with Crippen molar-refractivity contribution in [2.75, 3.05) is 26.3 Å². The summed E-state index contributed by atoms with van der Waals surface area (Å²) in [5.74, 6) is -0.377. The van der Waals surface area contributed by atoms with E-state index in [1.54, 1.807) is 29.4 Å². The molecule has 4 rings (SSSR count). The maximum atomic E-state index is 13.9. The molecule has 0 radical (unpaired) electrons. The van der Waals surface area contributed by atoms with E-state index in [9.17, 15) is 9.18 Å². The van der Waals surface area contributed by atoms with E-state index in [2.05, 4.69) is 4.98 Å². The number of carbonyl (C=O) groups is 1. The number of rotatable bonds is 6. The zero-order valence-corrected chi connectivity index (χ0v) is 15.1. The minimum Gasteiger partial charge on any atom is -0.377 e. The average molecular weight is 370 g/mol. The highest BCUT2D eigenvalue weighted by molar-refractivity contribution is 5.95. The molecule has 0 saturated carbocycles. The number of nitrogens with zero attached hydrogens (tertiary/aromatic N) is 2. The van der Waals surface area contributed by atoms with Gasteiger partial charge in [0, 0.05) is 25.6 Å². The van der Waals surface area contributed by atoms with Gasteiger partial charge >= 0.3 is 0 Å². The summed E-state index contributed by atoms with van der Waals surface area (Å²) in [7, 11) is 0. The van der Waals surface area contributed by atoms with Crippen LogP contribution in [0, 0.1) is 11.7 Å². The minimum atomic E-state index is -0.475. The first kappa shape index (κ1) is 18.1. The Kier molecular flexibility index (Phi) is 5.18. The summed E-state index contributed by atoms with van der Waals surface area (Å²) >= 11 is 0. The van der Waals surface area contributed by atoms with Gasteiger partial charge in [-0.25, -0.2) is 4.39 Å². The highest BCUT2D eigenvalue weighted by atomic mass is 19.1. The first-order valence-electron chi connectivity index (χ1n) is 9.32. The lowest BCUT2D eigenvalue weighted by Gasteiger charge is -2.50. The van der Waals surface area contributed by atoms with E-state index in [1.807, 2.05) is 12.1 Å². The highest BCUT2D eigenvalue weighted by Gasteiger charge is 2.54. The molecule has 6 heteroatoms. The van der Waals surface area contributed by atoms with Crippen LogP contribution in [0.25, 0.3) is 0 Å². The fourth-order valence-electron chi connectivity index (χ4n) is 3.99. The molecule has 1 aromatic carbocycles. The maximum Gasteiger partial charge on any atom is 0.257 e. The summed E-state index contributed by atoms with van der Waals surface area (Å²) in [4.78, 5) is 18.2. The molecular weight excluding hydrogens is 347 g/mol. The van der Waals surface area contributed by atoms with Gasteiger partial charge in [-0.2, -0.15) is 0 Å². The number of ether oxygens (including phenoxy) is 2. The molecule has 2 aliphatic rings. The molecule has 27 heavy (non-hydrogen) atoms. The molecule has 2 saturated heterocycles. The van der Waals surface area contributed by atoms with Gasteiger partial charge in [-0.15, -0.1) is 0 Å². The number of halogens is 1. The van der Waals surface area contributed by atoms with Crippen LogP contribution >= 0.6 is 0 Å². The lowest BCUT2D eigenvalue weighted by molar-refractivity contribution is -0.120. The third-order valence-electron chi connectivity index (χ3n) is 5.54. The molecule has 2 aliphatic heterocycles. The summed E-state index contributed by atoms with van der Waals surface area (Å²) in [6.07, 6.45) is 5.38. The Morgan fingerprint density at radius 1 is 1.26 bits per heavy atom. The number of aromatic nitrogens is 1. The van der Waals surface area contributed by atoms with Crippen molar-refractivity contribution in [1.29, 1.82) is 0 Å². The molecule has 0 bridgehead atoms. The lowest BCUT2D eigenvalue weighted by Crippen LogP contribution is -2.66. The summed E-state index contributed by atoms with van der Waals surface area (Å²) in [5, 5.41) is 0. The molecule has 1 aromatic heterocycles. The van der Waals surface area contributed by atoms with Gasteiger partial charge < -0.3 is 14.4 Å². The predicted molar refractivity (Wildman–Crippen MR) is 97.6 cm³/mol. The van der Waals surface area contributed by atoms with Gasteiger partial charge in [0.2, 0.25) is 0 Å². The fraction of sp³-hybridized carbons (Fsp3) is 0.429. The zero-order valence-electron chi connectivity index (χ0n) is 15.1. The topological polar surface area (TPSA) is 51.7 Å². The number of carbonyl (C=O) groups excluding carboxylic acids is 1. The normalized spacial score (nSPS) is 20.6. The molecule has 142 valence electrons. The molecule has 0 aliphatic carbocycles. The van der Waals surface area contributed by atoms with Gasteiger partial charge in [0.1, 0.15) is 11.4 Å². The van der Waals surface area contributed by atoms with Crippen LogP contribution in [-0.2, 0) is 16.1 Å². The maximum absolute atomic E-state index is 13.9. The van der Waals surface area contributed by atoms with Crippen molar-refractivity contribution in [3.63, 3.8) is 0 Å². The summed E-state index contributed by atoms with van der Waals surface area (Å²) in [6.45, 7) is 2.97. The van der Waals surface area contributed by atoms with Crippen LogP contribution in [-0.4, -0.2) is 47.7 Å². The monoisotopic (exact) mass is 370 g/mol. The van der Waals surface area contributed by atoms with Gasteiger partial charge in [-0.3, -0.25) is 9.78 Å². The number of benzene rings is 1. The number of likely N-dealkylation sites (tertiary alicyclic amines) is 1. The quantitative estimate of drug-likeness (QED) is 0.734. The van der Waals surface area contributed by atoms with Gasteiger partial charge in [0.15, 0.2) is 0 Å². The molecule has 1 spiro atoms. The molecule has 5 nitrogen and oxygen atoms in total. The number of pyridine rings is 1. The van der Waals surface area contributed by atoms with Crippen molar-refractivity contribution in [3.8, 4) is 0 Å². The van der Waals surface area contributed by atoms with E-state index in [0.717, 1.165) is 18.4 Å². The molecule has 1 amide bonds. The second kappa shape index (κ2) is 7.74. The van der Waals surface area contributed by atoms with Crippen molar-refractivity contribution in [2.45, 2.75) is 25.0 Å². The van der Waals surface area contributed by atoms with Crippen molar-refractivity contribution in [2.24, 2.45) is 5.92 Å². The molecule has 2 aromatic rings. The average Bonchev–Trinajstić information content (AvgIpc) is 3.09. The molecule has 1 atom stereocenters. The van der Waals surface area contributed by atoms with Crippen molar-refractivity contribution in [3.05, 3.63) is 65.7 Å². The van der Waals surface area contributed by atoms with E-state index >= 15 is 0 Å². The van der Waals surface area contributed by atoms with Gasteiger partial charge in [-0.05, 0) is 48.6 Å². The standard InChI is InChI=1S/C21H23FN2O3/c22-19-4-2-1-3-18(19)20(25)24-14-21(15-24)17(8-12-27-21)7-11-26-13-16-5-9-23-10-6-16/h1-6,9-10,17H,7-8,11-15H2/t17-/m1/s1. The first-order chi connectivity index (χ1) is 13.2. The van der Waals surface area contributed by atoms with Gasteiger partial charge in [0.05, 0.1) is 25.3 Å². The second-order valence-corrected chi connectivity index (χ2v) is 7.24. The van der Waals surface area contributed by atoms with Crippen molar-refractivity contribution >= 4 is 5.91 Å². The second-order valence-electron chi connectivity index (χ2n) is 7.24. The molecule has 0 unspecified atom stereocenters. The number of hydrogen-bond acceptors (Lipinski definition) is 4. The first-order valence-corrected chi connectivity index (χ1v) is 9.32. The van der Waals surface area contributed by atoms with Gasteiger partial charge in [0.25, 0.3) is 5.91 Å². The molecule has 0 N–H and O–H groups in total. The predicted octanol–water partition coefficient (Wildman–Crippen LogP) is 3.06. The summed E-state index contributed by atoms with van der Waals surface area (Å²) in [5.41, 5.74) is 0.941. The van der Waals surface area contributed by atoms with Crippen LogP contribution in [0.15, 0.2) is 48.8 Å². The van der Waals surface area contributed by atoms with Crippen LogP contribution in [0.4, 0.5) is 4.39 Å². The van der Waals surface area contributed by atoms with Crippen LogP contribution in [0.1, 0.15) is 28.8 Å². The van der Waals surface area contributed by atoms with Crippen LogP contribution < -0.4 is 0 Å². The summed E-state index contributed by atoms with van der Waals surface area (Å²) < 4.78 is 25.6. The van der Waals surface area contributed by atoms with E-state index < -0.39 is 5.82 Å². The van der Waals surface area contributed by atoms with Crippen LogP contribution in [0.5, 0.6) is 0 Å². The van der Waals surface area contributed by atoms with Crippen molar-refractivity contribution in [1.82, 2.24) is 9.88 Å². The third-order valence-corrected chi connectivity index (χ3v) is 5.54. The SMILES string of the molecule is O=C(c1ccccc1F)N1CC2(C1)OCC[C@H]2CCOCc1ccncc1. The van der Waals surface area contributed by atoms with E-state index in [1.165, 1.54) is 12.1 Å². The number of amides is 1. The molecule has 2 fully saturated rings. The van der Waals surface area contributed by atoms with Gasteiger partial charge in [-0.1, -0.05) is 12.1 Å². The zero-order chi connectivity index (χ0) is 18.7. The Morgan fingerprint density at radius 3 is 2.81 bits per heavy atom. The van der Waals surface area contributed by atoms with E-state index in [-0.39, 0.29) is 17.1 Å². The Labute approximate surface area is 158 Å². The molecular formula is C21H23FN2O3. The Bertz CT molecular complexity index is 793. The Morgan fingerprint density at radius 2 is 2.04 bits per heavy atom. The van der Waals surface area contributed by atoms with E-state index in [4.69, 9.17) is 9.47 Å². The largest absolute Gasteiger partial charge is 0.377 e. The summed E-state index contributed by atoms with van der Waals surface area (Å²) in [6, 6.07) is 10.0. The smallest absolute Gasteiger partial charge is 0.257 e. The van der Waals surface area contributed by atoms with Crippen LogP contribution in [0.3, 0.4) is 0 Å². The molecule has 3 heterocycles. The Balaban J connectivity index is 1.28. The van der Waals surface area contributed by atoms with Crippen LogP contribution in [0.2, 0.25) is 0 Å². The van der Waals surface area contributed by atoms with Crippen molar-refractivity contribution < 1.29 is 18.7 Å².